The normalized spacial score (nSPS) is 18.5. The first-order valence-electron chi connectivity index (χ1n) is 16.0. The quantitative estimate of drug-likeness (QED) is 0.0427. The van der Waals surface area contributed by atoms with E-state index in [1.165, 1.54) is 5.38 Å². The van der Waals surface area contributed by atoms with Crippen LogP contribution in [0, 0.1) is 6.92 Å². The number of aryl methyl sites for hydroxylation is 1. The van der Waals surface area contributed by atoms with Crippen molar-refractivity contribution in [2.24, 2.45) is 5.16 Å². The number of thiocarbonyl (C=S) groups is 1. The smallest absolute Gasteiger partial charge is 0.407 e. The first-order valence-corrected chi connectivity index (χ1v) is 19.2. The topological polar surface area (TPSA) is 159 Å². The number of β-lactam (4-membered cyclic amide) rings is 1. The minimum atomic E-state index is -3.38. The number of carbonyl (C=O) groups excluding carboxylic acids is 2. The van der Waals surface area contributed by atoms with E-state index in [1.54, 1.807) is 6.92 Å². The number of nitrogens with zero attached hydrogens (tertiary/aromatic N) is 5. The third-order valence-electron chi connectivity index (χ3n) is 8.70. The molecule has 1 unspecified atom stereocenters. The van der Waals surface area contributed by atoms with Crippen LogP contribution in [0.25, 0.3) is 5.57 Å². The van der Waals surface area contributed by atoms with Crippen molar-refractivity contribution in [3.63, 3.8) is 0 Å². The molecule has 2 aromatic heterocycles. The van der Waals surface area contributed by atoms with E-state index in [1.807, 2.05) is 91.0 Å². The predicted octanol–water partition coefficient (Wildman–Crippen LogP) is 5.92. The van der Waals surface area contributed by atoms with Crippen molar-refractivity contribution in [3.05, 3.63) is 135 Å². The number of nitrogens with one attached hydrogen (secondary N) is 2. The van der Waals surface area contributed by atoms with Gasteiger partial charge in [-0.05, 0) is 35.1 Å². The molecule has 3 aromatic carbocycles. The number of aromatic nitrogens is 3. The van der Waals surface area contributed by atoms with Crippen molar-refractivity contribution < 1.29 is 33.1 Å². The predicted molar refractivity (Wildman–Crippen MR) is 205 cm³/mol. The van der Waals surface area contributed by atoms with Crippen LogP contribution < -0.4 is 10.6 Å². The number of rotatable bonds is 13. The lowest BCUT2D eigenvalue weighted by molar-refractivity contribution is -0.153. The molecule has 0 bridgehead atoms. The standard InChI is InChI=1S/C36H27F2N7O5S4/c1-20-39-29(54-44-20)24-17-52-32-35(19-51,31(49)45(32)27(24)30(47)48)41-28(46)26(43-50-33(37)38)25-18-53-34(40-25)42-36(21-11-5-2-6-12-21,22-13-7-3-8-14-22)23-15-9-4-10-16-23/h2-16,18-19,32-33H,17H2,1H3,(H,40,42)(H,41,46)(H,47,48)/t32-,35?/m0/s1. The number of hydrogen-bond acceptors (Lipinski definition) is 13. The van der Waals surface area contributed by atoms with E-state index < -0.39 is 46.6 Å². The van der Waals surface area contributed by atoms with Gasteiger partial charge in [0.25, 0.3) is 11.8 Å². The Bertz CT molecular complexity index is 2190. The highest BCUT2D eigenvalue weighted by atomic mass is 32.2. The summed E-state index contributed by atoms with van der Waals surface area (Å²) in [6, 6.07) is 29.0. The molecule has 4 heterocycles. The van der Waals surface area contributed by atoms with Gasteiger partial charge >= 0.3 is 12.6 Å². The second-order valence-electron chi connectivity index (χ2n) is 11.9. The number of aliphatic carboxylic acids is 1. The summed E-state index contributed by atoms with van der Waals surface area (Å²) in [4.78, 5) is 54.5. The molecule has 0 radical (unpaired) electrons. The summed E-state index contributed by atoms with van der Waals surface area (Å²) in [5.74, 6) is -2.78. The number of fused-ring (bicyclic) bond motifs is 1. The average Bonchev–Trinajstić information content (AvgIpc) is 3.84. The molecular formula is C36H27F2N7O5S4. The molecule has 2 aliphatic heterocycles. The molecule has 1 saturated heterocycles. The maximum absolute atomic E-state index is 14.0. The number of halogens is 2. The Balaban J connectivity index is 1.23. The van der Waals surface area contributed by atoms with Crippen molar-refractivity contribution in [3.8, 4) is 0 Å². The van der Waals surface area contributed by atoms with Gasteiger partial charge in [-0.1, -0.05) is 108 Å². The lowest BCUT2D eigenvalue weighted by Crippen LogP contribution is -2.80. The van der Waals surface area contributed by atoms with Gasteiger partial charge in [0.2, 0.25) is 0 Å². The molecule has 3 N–H and O–H groups in total. The highest BCUT2D eigenvalue weighted by Crippen LogP contribution is 2.48. The zero-order valence-corrected chi connectivity index (χ0v) is 31.1. The summed E-state index contributed by atoms with van der Waals surface area (Å²) in [6.45, 7) is -1.73. The Labute approximate surface area is 324 Å². The molecule has 2 amide bonds. The number of thioether (sulfide) groups is 1. The third-order valence-corrected chi connectivity index (χ3v) is 12.1. The summed E-state index contributed by atoms with van der Waals surface area (Å²) in [5, 5.41) is 21.8. The van der Waals surface area contributed by atoms with Gasteiger partial charge in [-0.3, -0.25) is 14.5 Å². The van der Waals surface area contributed by atoms with Crippen LogP contribution >= 0.6 is 46.8 Å². The molecule has 54 heavy (non-hydrogen) atoms. The SMILES string of the molecule is Cc1nsc(C2=C(C(=O)O)N3C(=O)C(C=S)(NC(=O)C(=NOC(F)F)c4csc(NC(c5ccccc5)(c5ccccc5)c5ccccc5)n4)[C@@H]3SC2)n1. The molecule has 12 nitrogen and oxygen atoms in total. The fourth-order valence-electron chi connectivity index (χ4n) is 6.34. The van der Waals surface area contributed by atoms with Gasteiger partial charge in [0.15, 0.2) is 16.4 Å². The molecule has 1 fully saturated rings. The minimum absolute atomic E-state index is 0.105. The van der Waals surface area contributed by atoms with E-state index in [-0.39, 0.29) is 17.1 Å². The highest BCUT2D eigenvalue weighted by Gasteiger charge is 2.65. The van der Waals surface area contributed by atoms with Crippen LogP contribution in [0.1, 0.15) is 33.2 Å². The second-order valence-corrected chi connectivity index (χ2v) is 14.8. The van der Waals surface area contributed by atoms with Gasteiger partial charge in [0, 0.05) is 22.1 Å². The molecule has 274 valence electrons. The van der Waals surface area contributed by atoms with E-state index in [0.29, 0.717) is 21.5 Å². The number of carboxylic acids is 1. The highest BCUT2D eigenvalue weighted by molar-refractivity contribution is 8.00. The monoisotopic (exact) mass is 803 g/mol. The van der Waals surface area contributed by atoms with Gasteiger partial charge in [-0.15, -0.1) is 23.1 Å². The fraction of sp³-hybridized carbons (Fsp3) is 0.167. The van der Waals surface area contributed by atoms with E-state index in [0.717, 1.165) is 61.6 Å². The van der Waals surface area contributed by atoms with E-state index in [2.05, 4.69) is 35.0 Å². The maximum atomic E-state index is 14.0. The Morgan fingerprint density at radius 2 is 1.63 bits per heavy atom. The van der Waals surface area contributed by atoms with Crippen molar-refractivity contribution in [1.29, 1.82) is 0 Å². The van der Waals surface area contributed by atoms with Crippen LogP contribution in [-0.2, 0) is 24.8 Å². The molecule has 0 spiro atoms. The maximum Gasteiger partial charge on any atom is 0.407 e. The van der Waals surface area contributed by atoms with Crippen molar-refractivity contribution >= 4 is 86.4 Å². The number of hydrogen-bond donors (Lipinski definition) is 3. The lowest BCUT2D eigenvalue weighted by atomic mass is 9.77. The summed E-state index contributed by atoms with van der Waals surface area (Å²) < 4.78 is 30.9. The van der Waals surface area contributed by atoms with Gasteiger partial charge in [0.1, 0.15) is 33.1 Å². The molecule has 0 saturated carbocycles. The molecule has 0 aliphatic carbocycles. The molecular weight excluding hydrogens is 777 g/mol. The first-order chi connectivity index (χ1) is 26.1. The van der Waals surface area contributed by atoms with Crippen molar-refractivity contribution in [2.75, 3.05) is 11.1 Å². The van der Waals surface area contributed by atoms with Crippen LogP contribution in [0.3, 0.4) is 0 Å². The molecule has 2 aliphatic rings. The summed E-state index contributed by atoms with van der Waals surface area (Å²) in [6.07, 6.45) is 0. The Morgan fingerprint density at radius 1 is 1.04 bits per heavy atom. The lowest BCUT2D eigenvalue weighted by Gasteiger charge is -2.55. The Kier molecular flexibility index (Phi) is 10.3. The average molecular weight is 804 g/mol. The van der Waals surface area contributed by atoms with E-state index in [9.17, 15) is 28.3 Å². The first kappa shape index (κ1) is 36.9. The zero-order valence-electron chi connectivity index (χ0n) is 27.9. The third kappa shape index (κ3) is 6.54. The summed E-state index contributed by atoms with van der Waals surface area (Å²) in [7, 11) is 0. The van der Waals surface area contributed by atoms with Gasteiger partial charge in [-0.2, -0.15) is 13.2 Å². The van der Waals surface area contributed by atoms with Gasteiger partial charge < -0.3 is 20.6 Å². The van der Waals surface area contributed by atoms with Crippen LogP contribution in [-0.4, -0.2) is 76.5 Å². The van der Waals surface area contributed by atoms with E-state index in [4.69, 9.17) is 12.2 Å². The van der Waals surface area contributed by atoms with Gasteiger partial charge in [0.05, 0.1) is 0 Å². The molecule has 18 heteroatoms. The Morgan fingerprint density at radius 3 is 2.13 bits per heavy atom. The number of oxime groups is 1. The van der Waals surface area contributed by atoms with E-state index >= 15 is 0 Å². The number of benzene rings is 3. The van der Waals surface area contributed by atoms with Crippen LogP contribution in [0.2, 0.25) is 0 Å². The summed E-state index contributed by atoms with van der Waals surface area (Å²) in [5.41, 5.74) is -1.11. The van der Waals surface area contributed by atoms with Crippen LogP contribution in [0.5, 0.6) is 0 Å². The number of thiazole rings is 1. The second kappa shape index (κ2) is 15.1. The number of amides is 2. The van der Waals surface area contributed by atoms with Crippen molar-refractivity contribution in [1.82, 2.24) is 24.6 Å². The zero-order chi connectivity index (χ0) is 38.0. The fourth-order valence-corrected chi connectivity index (χ4v) is 9.71. The number of alkyl halides is 2. The minimum Gasteiger partial charge on any atom is -0.477 e. The largest absolute Gasteiger partial charge is 0.477 e. The van der Waals surface area contributed by atoms with Gasteiger partial charge in [-0.25, -0.2) is 14.8 Å². The van der Waals surface area contributed by atoms with Crippen LogP contribution in [0.15, 0.2) is 107 Å². The van der Waals surface area contributed by atoms with Crippen molar-refractivity contribution in [2.45, 2.75) is 30.0 Å². The number of anilines is 1. The number of carboxylic acid groups (broad SMARTS) is 1. The Hall–Kier alpha value is -5.43. The number of carbonyl (C=O) groups is 3. The molecule has 7 rings (SSSR count). The molecule has 5 aromatic rings. The molecule has 2 atom stereocenters. The summed E-state index contributed by atoms with van der Waals surface area (Å²) >= 11 is 8.48. The van der Waals surface area contributed by atoms with Crippen LogP contribution in [0.4, 0.5) is 13.9 Å².